The van der Waals surface area contributed by atoms with Gasteiger partial charge in [-0.05, 0) is 57.9 Å². The van der Waals surface area contributed by atoms with Gasteiger partial charge in [-0.1, -0.05) is 18.0 Å². The van der Waals surface area contributed by atoms with Crippen LogP contribution in [-0.4, -0.2) is 33.9 Å². The number of nitrogens with one attached hydrogen (secondary N) is 3. The average molecular weight is 447 g/mol. The van der Waals surface area contributed by atoms with E-state index in [-0.39, 0.29) is 12.3 Å². The third kappa shape index (κ3) is 9.17. The highest BCUT2D eigenvalue weighted by Crippen LogP contribution is 2.24. The summed E-state index contributed by atoms with van der Waals surface area (Å²) in [6.45, 7) is 5.37. The van der Waals surface area contributed by atoms with E-state index in [0.29, 0.717) is 36.5 Å². The molecule has 0 aliphatic rings. The standard InChI is InChI=1S/C22H30N4O6/c1-22(2,3)31-21(29)23-16-12-10-15(11-13-16)17-14-18(26-32-17)24-19(27)8-6-4-5-7-9-20(28)25-30/h10-14,30H,4-9H2,1-3H3,(H,23,29)(H,25,28)(H,24,26,27). The highest BCUT2D eigenvalue weighted by atomic mass is 16.6. The topological polar surface area (TPSA) is 143 Å². The molecule has 2 rings (SSSR count). The van der Waals surface area contributed by atoms with Crippen molar-refractivity contribution in [3.05, 3.63) is 30.3 Å². The molecule has 1 aromatic heterocycles. The molecule has 3 amide bonds. The van der Waals surface area contributed by atoms with Gasteiger partial charge in [0.05, 0.1) is 0 Å². The number of ether oxygens (including phenoxy) is 1. The number of carbonyl (C=O) groups is 3. The Hall–Kier alpha value is -3.40. The Bertz CT molecular complexity index is 902. The maximum atomic E-state index is 12.0. The van der Waals surface area contributed by atoms with Crippen molar-refractivity contribution in [2.24, 2.45) is 0 Å². The van der Waals surface area contributed by atoms with Gasteiger partial charge < -0.3 is 14.6 Å². The third-order valence-corrected chi connectivity index (χ3v) is 4.27. The first-order valence-corrected chi connectivity index (χ1v) is 10.5. The molecule has 0 unspecified atom stereocenters. The van der Waals surface area contributed by atoms with Gasteiger partial charge in [0.25, 0.3) is 0 Å². The monoisotopic (exact) mass is 446 g/mol. The number of hydroxylamine groups is 1. The summed E-state index contributed by atoms with van der Waals surface area (Å²) in [4.78, 5) is 34.8. The van der Waals surface area contributed by atoms with Crippen molar-refractivity contribution in [1.29, 1.82) is 0 Å². The van der Waals surface area contributed by atoms with Crippen molar-refractivity contribution in [1.82, 2.24) is 10.6 Å². The van der Waals surface area contributed by atoms with Gasteiger partial charge in [0.15, 0.2) is 11.6 Å². The Morgan fingerprint density at radius 1 is 0.969 bits per heavy atom. The highest BCUT2D eigenvalue weighted by Gasteiger charge is 2.16. The number of hydrogen-bond acceptors (Lipinski definition) is 7. The average Bonchev–Trinajstić information content (AvgIpc) is 3.17. The molecule has 2 aromatic rings. The second-order valence-corrected chi connectivity index (χ2v) is 8.28. The summed E-state index contributed by atoms with van der Waals surface area (Å²) in [5, 5.41) is 17.6. The van der Waals surface area contributed by atoms with Gasteiger partial charge in [-0.25, -0.2) is 10.3 Å². The molecule has 0 spiro atoms. The number of anilines is 2. The predicted octanol–water partition coefficient (Wildman–Crippen LogP) is 4.47. The second kappa shape index (κ2) is 11.8. The van der Waals surface area contributed by atoms with E-state index >= 15 is 0 Å². The largest absolute Gasteiger partial charge is 0.444 e. The molecule has 0 saturated carbocycles. The van der Waals surface area contributed by atoms with Gasteiger partial charge in [0.2, 0.25) is 11.8 Å². The zero-order valence-electron chi connectivity index (χ0n) is 18.6. The molecule has 0 saturated heterocycles. The van der Waals surface area contributed by atoms with Crippen LogP contribution < -0.4 is 16.1 Å². The van der Waals surface area contributed by atoms with Crippen LogP contribution >= 0.6 is 0 Å². The maximum Gasteiger partial charge on any atom is 0.412 e. The molecule has 174 valence electrons. The first-order valence-electron chi connectivity index (χ1n) is 10.5. The van der Waals surface area contributed by atoms with E-state index in [2.05, 4.69) is 15.8 Å². The van der Waals surface area contributed by atoms with Gasteiger partial charge in [-0.3, -0.25) is 20.1 Å². The Kier molecular flexibility index (Phi) is 9.21. The molecule has 4 N–H and O–H groups in total. The summed E-state index contributed by atoms with van der Waals surface area (Å²) in [5.41, 5.74) is 2.32. The highest BCUT2D eigenvalue weighted by molar-refractivity contribution is 5.90. The van der Waals surface area contributed by atoms with Gasteiger partial charge in [-0.2, -0.15) is 0 Å². The van der Waals surface area contributed by atoms with E-state index < -0.39 is 17.6 Å². The number of unbranched alkanes of at least 4 members (excludes halogenated alkanes) is 3. The molecule has 0 atom stereocenters. The van der Waals surface area contributed by atoms with E-state index in [0.717, 1.165) is 18.4 Å². The van der Waals surface area contributed by atoms with Crippen LogP contribution in [0.15, 0.2) is 34.9 Å². The summed E-state index contributed by atoms with van der Waals surface area (Å²) < 4.78 is 10.5. The van der Waals surface area contributed by atoms with Gasteiger partial charge >= 0.3 is 6.09 Å². The Morgan fingerprint density at radius 2 is 1.59 bits per heavy atom. The lowest BCUT2D eigenvalue weighted by atomic mass is 10.1. The van der Waals surface area contributed by atoms with Gasteiger partial charge in [-0.15, -0.1) is 0 Å². The fraction of sp³-hybridized carbons (Fsp3) is 0.455. The number of benzene rings is 1. The van der Waals surface area contributed by atoms with Crippen LogP contribution in [0.1, 0.15) is 59.3 Å². The van der Waals surface area contributed by atoms with E-state index in [1.807, 2.05) is 0 Å². The molecular weight excluding hydrogens is 416 g/mol. The minimum atomic E-state index is -0.580. The minimum Gasteiger partial charge on any atom is -0.444 e. The van der Waals surface area contributed by atoms with Crippen molar-refractivity contribution < 1.29 is 28.9 Å². The zero-order chi connectivity index (χ0) is 23.6. The number of nitrogens with zero attached hydrogens (tertiary/aromatic N) is 1. The SMILES string of the molecule is CC(C)(C)OC(=O)Nc1ccc(-c2cc(NC(=O)CCCCCCC(=O)NO)no2)cc1. The van der Waals surface area contributed by atoms with Crippen molar-refractivity contribution in [3.8, 4) is 11.3 Å². The summed E-state index contributed by atoms with van der Waals surface area (Å²) in [6.07, 6.45) is 3.01. The molecule has 10 nitrogen and oxygen atoms in total. The molecule has 0 radical (unpaired) electrons. The lowest BCUT2D eigenvalue weighted by Gasteiger charge is -2.19. The number of amides is 3. The van der Waals surface area contributed by atoms with Gasteiger partial charge in [0.1, 0.15) is 5.60 Å². The predicted molar refractivity (Wildman–Crippen MR) is 118 cm³/mol. The quantitative estimate of drug-likeness (QED) is 0.239. The lowest BCUT2D eigenvalue weighted by molar-refractivity contribution is -0.129. The molecule has 32 heavy (non-hydrogen) atoms. The third-order valence-electron chi connectivity index (χ3n) is 4.27. The first-order chi connectivity index (χ1) is 15.2. The molecule has 10 heteroatoms. The summed E-state index contributed by atoms with van der Waals surface area (Å²) in [6, 6.07) is 8.57. The summed E-state index contributed by atoms with van der Waals surface area (Å²) >= 11 is 0. The first kappa shape index (κ1) is 24.9. The fourth-order valence-corrected chi connectivity index (χ4v) is 2.80. The van der Waals surface area contributed by atoms with Crippen LogP contribution in [0.4, 0.5) is 16.3 Å². The Labute approximate surface area is 186 Å². The molecule has 0 aliphatic carbocycles. The number of carbonyl (C=O) groups excluding carboxylic acids is 3. The minimum absolute atomic E-state index is 0.171. The molecule has 1 heterocycles. The smallest absolute Gasteiger partial charge is 0.412 e. The lowest BCUT2D eigenvalue weighted by Crippen LogP contribution is -2.27. The number of aromatic nitrogens is 1. The van der Waals surface area contributed by atoms with Crippen molar-refractivity contribution in [2.75, 3.05) is 10.6 Å². The van der Waals surface area contributed by atoms with Crippen LogP contribution in [0.2, 0.25) is 0 Å². The fourth-order valence-electron chi connectivity index (χ4n) is 2.80. The maximum absolute atomic E-state index is 12.0. The Morgan fingerprint density at radius 3 is 2.19 bits per heavy atom. The normalized spacial score (nSPS) is 11.0. The summed E-state index contributed by atoms with van der Waals surface area (Å²) in [7, 11) is 0. The zero-order valence-corrected chi connectivity index (χ0v) is 18.6. The van der Waals surface area contributed by atoms with E-state index in [9.17, 15) is 14.4 Å². The van der Waals surface area contributed by atoms with E-state index in [1.165, 1.54) is 0 Å². The molecule has 1 aromatic carbocycles. The van der Waals surface area contributed by atoms with E-state index in [1.54, 1.807) is 56.6 Å². The van der Waals surface area contributed by atoms with Crippen LogP contribution in [0.25, 0.3) is 11.3 Å². The van der Waals surface area contributed by atoms with Gasteiger partial charge in [0, 0.05) is 30.2 Å². The second-order valence-electron chi connectivity index (χ2n) is 8.28. The molecule has 0 fully saturated rings. The summed E-state index contributed by atoms with van der Waals surface area (Å²) in [5.74, 6) is 0.222. The molecule has 0 bridgehead atoms. The Balaban J connectivity index is 1.76. The molecular formula is C22H30N4O6. The number of hydrogen-bond donors (Lipinski definition) is 4. The van der Waals surface area contributed by atoms with Crippen LogP contribution in [0, 0.1) is 0 Å². The van der Waals surface area contributed by atoms with Crippen LogP contribution in [0.3, 0.4) is 0 Å². The van der Waals surface area contributed by atoms with Crippen molar-refractivity contribution >= 4 is 29.4 Å². The van der Waals surface area contributed by atoms with Crippen LogP contribution in [0.5, 0.6) is 0 Å². The number of rotatable bonds is 10. The van der Waals surface area contributed by atoms with E-state index in [4.69, 9.17) is 14.5 Å². The molecule has 0 aliphatic heterocycles. The van der Waals surface area contributed by atoms with Crippen LogP contribution in [-0.2, 0) is 14.3 Å². The van der Waals surface area contributed by atoms with Crippen molar-refractivity contribution in [3.63, 3.8) is 0 Å². The van der Waals surface area contributed by atoms with Crippen molar-refractivity contribution in [2.45, 2.75) is 64.9 Å².